The van der Waals surface area contributed by atoms with Crippen molar-refractivity contribution in [1.29, 1.82) is 0 Å². The fraction of sp³-hybridized carbons (Fsp3) is 0.235. The van der Waals surface area contributed by atoms with E-state index in [2.05, 4.69) is 5.32 Å². The number of hydrogen-bond donors (Lipinski definition) is 2. The van der Waals surface area contributed by atoms with Crippen LogP contribution in [0.5, 0.6) is 0 Å². The van der Waals surface area contributed by atoms with Gasteiger partial charge in [0.1, 0.15) is 6.10 Å². The maximum atomic E-state index is 12.5. The normalized spacial score (nSPS) is 19.8. The van der Waals surface area contributed by atoms with Gasteiger partial charge in [-0.3, -0.25) is 14.9 Å². The quantitative estimate of drug-likeness (QED) is 0.509. The molecule has 124 valence electrons. The maximum absolute atomic E-state index is 12.5. The predicted molar refractivity (Wildman–Crippen MR) is 88.5 cm³/mol. The van der Waals surface area contributed by atoms with Crippen LogP contribution < -0.4 is 11.1 Å². The highest BCUT2D eigenvalue weighted by Gasteiger charge is 2.31. The second-order valence-electron chi connectivity index (χ2n) is 5.60. The number of hydrogen-bond acceptors (Lipinski definition) is 5. The molecule has 2 atom stereocenters. The molecule has 2 aromatic carbocycles. The van der Waals surface area contributed by atoms with E-state index in [-0.39, 0.29) is 29.1 Å². The van der Waals surface area contributed by atoms with Crippen molar-refractivity contribution >= 4 is 17.3 Å². The van der Waals surface area contributed by atoms with Crippen LogP contribution in [-0.4, -0.2) is 23.5 Å². The van der Waals surface area contributed by atoms with Crippen LogP contribution in [0.15, 0.2) is 48.5 Å². The van der Waals surface area contributed by atoms with Gasteiger partial charge in [0.05, 0.1) is 16.5 Å². The smallest absolute Gasteiger partial charge is 0.270 e. The van der Waals surface area contributed by atoms with Crippen molar-refractivity contribution in [3.05, 3.63) is 69.8 Å². The number of nitro groups is 1. The third-order valence-electron chi connectivity index (χ3n) is 4.03. The Morgan fingerprint density at radius 2 is 2.00 bits per heavy atom. The van der Waals surface area contributed by atoms with Gasteiger partial charge in [0.25, 0.3) is 11.6 Å². The third-order valence-corrected chi connectivity index (χ3v) is 4.03. The van der Waals surface area contributed by atoms with Gasteiger partial charge < -0.3 is 15.8 Å². The molecule has 2 unspecified atom stereocenters. The standard InChI is InChI=1S/C17H17N3O4/c18-14-7-6-12(20(22)23)10-13(14)17(21)19-15-8-9-24-16(15)11-4-2-1-3-5-11/h1-7,10,15-16H,8-9,18H2,(H,19,21). The molecule has 7 heteroatoms. The molecular weight excluding hydrogens is 310 g/mol. The van der Waals surface area contributed by atoms with Crippen molar-refractivity contribution in [3.8, 4) is 0 Å². The number of amides is 1. The molecule has 1 saturated heterocycles. The summed E-state index contributed by atoms with van der Waals surface area (Å²) in [6.45, 7) is 0.537. The van der Waals surface area contributed by atoms with Gasteiger partial charge in [-0.05, 0) is 18.1 Å². The number of nitrogens with one attached hydrogen (secondary N) is 1. The molecule has 1 heterocycles. The summed E-state index contributed by atoms with van der Waals surface area (Å²) in [5.41, 5.74) is 6.91. The molecule has 0 radical (unpaired) electrons. The van der Waals surface area contributed by atoms with E-state index in [1.807, 2.05) is 30.3 Å². The number of anilines is 1. The molecule has 0 spiro atoms. The first-order chi connectivity index (χ1) is 11.6. The minimum Gasteiger partial charge on any atom is -0.398 e. The number of rotatable bonds is 4. The minimum atomic E-state index is -0.554. The maximum Gasteiger partial charge on any atom is 0.270 e. The highest BCUT2D eigenvalue weighted by atomic mass is 16.6. The van der Waals surface area contributed by atoms with Gasteiger partial charge in [-0.25, -0.2) is 0 Å². The fourth-order valence-electron chi connectivity index (χ4n) is 2.81. The molecule has 2 aromatic rings. The number of nitrogen functional groups attached to an aromatic ring is 1. The van der Waals surface area contributed by atoms with Crippen LogP contribution in [0, 0.1) is 10.1 Å². The molecule has 0 aromatic heterocycles. The molecule has 1 amide bonds. The number of nitrogens with zero attached hydrogens (tertiary/aromatic N) is 1. The van der Waals surface area contributed by atoms with Gasteiger partial charge in [0.2, 0.25) is 0 Å². The van der Waals surface area contributed by atoms with Crippen LogP contribution in [0.2, 0.25) is 0 Å². The van der Waals surface area contributed by atoms with E-state index in [0.29, 0.717) is 13.0 Å². The number of carbonyl (C=O) groups excluding carboxylic acids is 1. The number of benzene rings is 2. The Morgan fingerprint density at radius 1 is 1.25 bits per heavy atom. The Balaban J connectivity index is 1.79. The summed E-state index contributed by atoms with van der Waals surface area (Å²) in [4.78, 5) is 22.8. The van der Waals surface area contributed by atoms with Crippen molar-refractivity contribution in [3.63, 3.8) is 0 Å². The van der Waals surface area contributed by atoms with E-state index < -0.39 is 10.8 Å². The summed E-state index contributed by atoms with van der Waals surface area (Å²) in [7, 11) is 0. The monoisotopic (exact) mass is 327 g/mol. The summed E-state index contributed by atoms with van der Waals surface area (Å²) < 4.78 is 5.73. The van der Waals surface area contributed by atoms with Crippen molar-refractivity contribution in [2.75, 3.05) is 12.3 Å². The zero-order chi connectivity index (χ0) is 17.1. The Labute approximate surface area is 138 Å². The number of ether oxygens (including phenoxy) is 1. The van der Waals surface area contributed by atoms with E-state index in [1.54, 1.807) is 0 Å². The lowest BCUT2D eigenvalue weighted by molar-refractivity contribution is -0.384. The summed E-state index contributed by atoms with van der Waals surface area (Å²) in [5, 5.41) is 13.8. The first kappa shape index (κ1) is 15.9. The number of nitrogens with two attached hydrogens (primary N) is 1. The van der Waals surface area contributed by atoms with Crippen LogP contribution in [0.3, 0.4) is 0 Å². The molecule has 7 nitrogen and oxygen atoms in total. The van der Waals surface area contributed by atoms with Gasteiger partial charge in [-0.1, -0.05) is 30.3 Å². The summed E-state index contributed by atoms with van der Waals surface area (Å²) in [6.07, 6.45) is 0.426. The van der Waals surface area contributed by atoms with E-state index in [0.717, 1.165) is 5.56 Å². The molecule has 24 heavy (non-hydrogen) atoms. The lowest BCUT2D eigenvalue weighted by Crippen LogP contribution is -2.37. The van der Waals surface area contributed by atoms with Crippen LogP contribution in [-0.2, 0) is 4.74 Å². The van der Waals surface area contributed by atoms with Gasteiger partial charge in [0, 0.05) is 24.4 Å². The molecule has 1 fully saturated rings. The van der Waals surface area contributed by atoms with E-state index >= 15 is 0 Å². The highest BCUT2D eigenvalue weighted by Crippen LogP contribution is 2.29. The predicted octanol–water partition coefficient (Wildman–Crippen LogP) is 2.44. The Kier molecular flexibility index (Phi) is 4.43. The largest absolute Gasteiger partial charge is 0.398 e. The summed E-state index contributed by atoms with van der Waals surface area (Å²) in [6, 6.07) is 13.2. The molecule has 3 rings (SSSR count). The number of carbonyl (C=O) groups is 1. The third kappa shape index (κ3) is 3.21. The Morgan fingerprint density at radius 3 is 2.71 bits per heavy atom. The van der Waals surface area contributed by atoms with Gasteiger partial charge in [-0.15, -0.1) is 0 Å². The van der Waals surface area contributed by atoms with E-state index in [4.69, 9.17) is 10.5 Å². The Bertz CT molecular complexity index is 764. The van der Waals surface area contributed by atoms with Gasteiger partial charge in [0.15, 0.2) is 0 Å². The van der Waals surface area contributed by atoms with Crippen molar-refractivity contribution in [2.45, 2.75) is 18.6 Å². The second-order valence-corrected chi connectivity index (χ2v) is 5.60. The van der Waals surface area contributed by atoms with Crippen LogP contribution in [0.4, 0.5) is 11.4 Å². The molecule has 1 aliphatic heterocycles. The second kappa shape index (κ2) is 6.67. The van der Waals surface area contributed by atoms with Gasteiger partial charge >= 0.3 is 0 Å². The van der Waals surface area contributed by atoms with Crippen LogP contribution in [0.1, 0.15) is 28.4 Å². The SMILES string of the molecule is Nc1ccc([N+](=O)[O-])cc1C(=O)NC1CCOC1c1ccccc1. The topological polar surface area (TPSA) is 107 Å². The first-order valence-electron chi connectivity index (χ1n) is 7.57. The lowest BCUT2D eigenvalue weighted by atomic mass is 10.0. The molecule has 0 saturated carbocycles. The van der Waals surface area contributed by atoms with Crippen LogP contribution >= 0.6 is 0 Å². The average Bonchev–Trinajstić information content (AvgIpc) is 3.03. The summed E-state index contributed by atoms with van der Waals surface area (Å²) >= 11 is 0. The molecule has 0 aliphatic carbocycles. The lowest BCUT2D eigenvalue weighted by Gasteiger charge is -2.20. The summed E-state index contributed by atoms with van der Waals surface area (Å²) in [5.74, 6) is -0.437. The average molecular weight is 327 g/mol. The zero-order valence-electron chi connectivity index (χ0n) is 12.8. The zero-order valence-corrected chi connectivity index (χ0v) is 12.8. The minimum absolute atomic E-state index is 0.0999. The van der Waals surface area contributed by atoms with E-state index in [1.165, 1.54) is 18.2 Å². The van der Waals surface area contributed by atoms with Gasteiger partial charge in [-0.2, -0.15) is 0 Å². The number of non-ortho nitro benzene ring substituents is 1. The molecule has 3 N–H and O–H groups in total. The van der Waals surface area contributed by atoms with Crippen molar-refractivity contribution in [1.82, 2.24) is 5.32 Å². The molecule has 0 bridgehead atoms. The molecule has 1 aliphatic rings. The molecular formula is C17H17N3O4. The van der Waals surface area contributed by atoms with Crippen molar-refractivity contribution < 1.29 is 14.5 Å². The van der Waals surface area contributed by atoms with Crippen LogP contribution in [0.25, 0.3) is 0 Å². The number of nitro benzene ring substituents is 1. The fourth-order valence-corrected chi connectivity index (χ4v) is 2.81. The highest BCUT2D eigenvalue weighted by molar-refractivity contribution is 6.00. The first-order valence-corrected chi connectivity index (χ1v) is 7.57. The van der Waals surface area contributed by atoms with E-state index in [9.17, 15) is 14.9 Å². The Hall–Kier alpha value is -2.93. The van der Waals surface area contributed by atoms with Crippen molar-refractivity contribution in [2.24, 2.45) is 0 Å².